The van der Waals surface area contributed by atoms with Crippen LogP contribution in [0.5, 0.6) is 0 Å². The maximum atomic E-state index is 11.7. The minimum absolute atomic E-state index is 0.228. The van der Waals surface area contributed by atoms with Gasteiger partial charge in [0.15, 0.2) is 0 Å². The van der Waals surface area contributed by atoms with Crippen LogP contribution >= 0.6 is 11.6 Å². The molecule has 5 nitrogen and oxygen atoms in total. The fraction of sp³-hybridized carbons (Fsp3) is 0.308. The summed E-state index contributed by atoms with van der Waals surface area (Å²) in [5, 5.41) is 4.59. The number of esters is 1. The number of nitrogens with zero attached hydrogens (tertiary/aromatic N) is 1. The molecule has 0 unspecified atom stereocenters. The first kappa shape index (κ1) is 13.5. The van der Waals surface area contributed by atoms with Crippen LogP contribution in [0.2, 0.25) is 5.02 Å². The van der Waals surface area contributed by atoms with Crippen molar-refractivity contribution >= 4 is 29.2 Å². The van der Waals surface area contributed by atoms with E-state index in [-0.39, 0.29) is 13.0 Å². The summed E-state index contributed by atoms with van der Waals surface area (Å²) in [6.07, 6.45) is 0.228. The molecule has 0 saturated carbocycles. The summed E-state index contributed by atoms with van der Waals surface area (Å²) < 4.78 is 4.88. The molecular formula is C13H13ClN2O3. The quantitative estimate of drug-likeness (QED) is 0.677. The van der Waals surface area contributed by atoms with Crippen LogP contribution in [0, 0.1) is 5.92 Å². The third-order valence-electron chi connectivity index (χ3n) is 2.76. The molecule has 0 aliphatic carbocycles. The minimum atomic E-state index is -0.844. The highest BCUT2D eigenvalue weighted by Crippen LogP contribution is 2.18. The van der Waals surface area contributed by atoms with Crippen LogP contribution in [0.15, 0.2) is 29.4 Å². The van der Waals surface area contributed by atoms with Gasteiger partial charge >= 0.3 is 5.97 Å². The van der Waals surface area contributed by atoms with Crippen molar-refractivity contribution in [3.63, 3.8) is 0 Å². The van der Waals surface area contributed by atoms with Crippen molar-refractivity contribution in [2.45, 2.75) is 13.3 Å². The first-order valence-electron chi connectivity index (χ1n) is 5.90. The molecule has 0 spiro atoms. The van der Waals surface area contributed by atoms with Crippen molar-refractivity contribution < 1.29 is 14.3 Å². The van der Waals surface area contributed by atoms with Crippen molar-refractivity contribution in [1.82, 2.24) is 5.43 Å². The van der Waals surface area contributed by atoms with Gasteiger partial charge in [0.05, 0.1) is 12.3 Å². The summed E-state index contributed by atoms with van der Waals surface area (Å²) in [7, 11) is 0. The second-order valence-electron chi connectivity index (χ2n) is 4.05. The molecule has 1 aromatic carbocycles. The second kappa shape index (κ2) is 5.84. The predicted molar refractivity (Wildman–Crippen MR) is 70.9 cm³/mol. The van der Waals surface area contributed by atoms with Crippen molar-refractivity contribution in [3.05, 3.63) is 34.9 Å². The van der Waals surface area contributed by atoms with Gasteiger partial charge in [-0.15, -0.1) is 0 Å². The Morgan fingerprint density at radius 3 is 2.79 bits per heavy atom. The highest BCUT2D eigenvalue weighted by atomic mass is 35.5. The zero-order valence-electron chi connectivity index (χ0n) is 10.4. The third-order valence-corrected chi connectivity index (χ3v) is 3.02. The molecule has 1 aromatic rings. The van der Waals surface area contributed by atoms with Crippen molar-refractivity contribution in [3.8, 4) is 0 Å². The van der Waals surface area contributed by atoms with Gasteiger partial charge in [-0.25, -0.2) is 5.43 Å². The second-order valence-corrected chi connectivity index (χ2v) is 4.49. The minimum Gasteiger partial charge on any atom is -0.465 e. The van der Waals surface area contributed by atoms with Gasteiger partial charge in [0.25, 0.3) is 5.91 Å². The lowest BCUT2D eigenvalue weighted by Gasteiger charge is -2.20. The SMILES string of the molecule is CCOC(=O)[C@@H]1CC(c2ccc(Cl)cc2)=NNC1=O. The first-order chi connectivity index (χ1) is 9.11. The van der Waals surface area contributed by atoms with Crippen LogP contribution in [0.25, 0.3) is 0 Å². The number of nitrogens with one attached hydrogen (secondary N) is 1. The van der Waals surface area contributed by atoms with E-state index in [1.807, 2.05) is 0 Å². The highest BCUT2D eigenvalue weighted by Gasteiger charge is 2.33. The van der Waals surface area contributed by atoms with E-state index in [0.717, 1.165) is 5.56 Å². The maximum absolute atomic E-state index is 11.7. The fourth-order valence-corrected chi connectivity index (χ4v) is 1.92. The van der Waals surface area contributed by atoms with Gasteiger partial charge in [-0.3, -0.25) is 9.59 Å². The van der Waals surface area contributed by atoms with E-state index in [9.17, 15) is 9.59 Å². The molecule has 100 valence electrons. The van der Waals surface area contributed by atoms with E-state index in [0.29, 0.717) is 10.7 Å². The molecule has 19 heavy (non-hydrogen) atoms. The number of hydrogen-bond donors (Lipinski definition) is 1. The topological polar surface area (TPSA) is 67.8 Å². The fourth-order valence-electron chi connectivity index (χ4n) is 1.79. The van der Waals surface area contributed by atoms with Crippen LogP contribution in [-0.4, -0.2) is 24.2 Å². The van der Waals surface area contributed by atoms with Crippen LogP contribution in [0.4, 0.5) is 0 Å². The van der Waals surface area contributed by atoms with Crippen molar-refractivity contribution in [1.29, 1.82) is 0 Å². The molecule has 1 N–H and O–H groups in total. The average Bonchev–Trinajstić information content (AvgIpc) is 2.40. The summed E-state index contributed by atoms with van der Waals surface area (Å²) in [6, 6.07) is 7.05. The molecule has 1 atom stereocenters. The van der Waals surface area contributed by atoms with Gasteiger partial charge < -0.3 is 4.74 Å². The smallest absolute Gasteiger partial charge is 0.318 e. The van der Waals surface area contributed by atoms with Gasteiger partial charge in [-0.1, -0.05) is 23.7 Å². The molecule has 1 amide bonds. The highest BCUT2D eigenvalue weighted by molar-refractivity contribution is 6.30. The first-order valence-corrected chi connectivity index (χ1v) is 6.28. The summed E-state index contributed by atoms with van der Waals surface area (Å²) in [4.78, 5) is 23.3. The number of amides is 1. The van der Waals surface area contributed by atoms with Crippen molar-refractivity contribution in [2.75, 3.05) is 6.61 Å². The summed E-state index contributed by atoms with van der Waals surface area (Å²) in [6.45, 7) is 1.95. The number of ether oxygens (including phenoxy) is 1. The van der Waals surface area contributed by atoms with Gasteiger partial charge in [0, 0.05) is 11.4 Å². The van der Waals surface area contributed by atoms with Gasteiger partial charge in [0.1, 0.15) is 5.92 Å². The van der Waals surface area contributed by atoms with Gasteiger partial charge in [-0.2, -0.15) is 5.10 Å². The molecule has 0 aromatic heterocycles. The standard InChI is InChI=1S/C13H13ClN2O3/c1-2-19-13(18)10-7-11(15-16-12(10)17)8-3-5-9(14)6-4-8/h3-6,10H,2,7H2,1H3,(H,16,17)/t10-/m1/s1. The van der Waals surface area contributed by atoms with Crippen LogP contribution in [0.1, 0.15) is 18.9 Å². The summed E-state index contributed by atoms with van der Waals surface area (Å²) >= 11 is 5.81. The molecule has 2 rings (SSSR count). The van der Waals surface area contributed by atoms with Crippen LogP contribution in [0.3, 0.4) is 0 Å². The number of benzene rings is 1. The number of carbonyl (C=O) groups is 2. The lowest BCUT2D eigenvalue weighted by Crippen LogP contribution is -2.40. The van der Waals surface area contributed by atoms with E-state index >= 15 is 0 Å². The lowest BCUT2D eigenvalue weighted by molar-refractivity contribution is -0.152. The molecule has 1 heterocycles. The molecule has 6 heteroatoms. The molecule has 0 saturated heterocycles. The number of hydrazone groups is 1. The zero-order chi connectivity index (χ0) is 13.8. The Labute approximate surface area is 115 Å². The Hall–Kier alpha value is -1.88. The number of carbonyl (C=O) groups excluding carboxylic acids is 2. The maximum Gasteiger partial charge on any atom is 0.318 e. The Kier molecular flexibility index (Phi) is 4.16. The number of hydrogen-bond acceptors (Lipinski definition) is 4. The van der Waals surface area contributed by atoms with Crippen molar-refractivity contribution in [2.24, 2.45) is 11.0 Å². The molecule has 1 aliphatic rings. The summed E-state index contributed by atoms with van der Waals surface area (Å²) in [5.74, 6) is -1.80. The monoisotopic (exact) mass is 280 g/mol. The van der Waals surface area contributed by atoms with Crippen LogP contribution in [-0.2, 0) is 14.3 Å². The van der Waals surface area contributed by atoms with E-state index in [4.69, 9.17) is 16.3 Å². The largest absolute Gasteiger partial charge is 0.465 e. The average molecular weight is 281 g/mol. The van der Waals surface area contributed by atoms with E-state index in [1.54, 1.807) is 31.2 Å². The molecule has 0 fully saturated rings. The zero-order valence-corrected chi connectivity index (χ0v) is 11.1. The molecule has 1 aliphatic heterocycles. The van der Waals surface area contributed by atoms with Gasteiger partial charge in [-0.05, 0) is 24.6 Å². The van der Waals surface area contributed by atoms with E-state index < -0.39 is 17.8 Å². The van der Waals surface area contributed by atoms with E-state index in [2.05, 4.69) is 10.5 Å². The van der Waals surface area contributed by atoms with E-state index in [1.165, 1.54) is 0 Å². The Balaban J connectivity index is 2.18. The number of rotatable bonds is 3. The summed E-state index contributed by atoms with van der Waals surface area (Å²) in [5.41, 5.74) is 3.80. The molecular weight excluding hydrogens is 268 g/mol. The third kappa shape index (κ3) is 3.12. The Morgan fingerprint density at radius 2 is 2.16 bits per heavy atom. The van der Waals surface area contributed by atoms with Crippen LogP contribution < -0.4 is 5.43 Å². The van der Waals surface area contributed by atoms with Gasteiger partial charge in [0.2, 0.25) is 0 Å². The molecule has 0 radical (unpaired) electrons. The Morgan fingerprint density at radius 1 is 1.47 bits per heavy atom. The normalized spacial score (nSPS) is 18.5. The Bertz CT molecular complexity index is 525. The number of halogens is 1. The lowest BCUT2D eigenvalue weighted by atomic mass is 9.96. The molecule has 0 bridgehead atoms. The predicted octanol–water partition coefficient (Wildman–Crippen LogP) is 1.74.